The average molecular weight is 379 g/mol. The predicted octanol–water partition coefficient (Wildman–Crippen LogP) is 3.97. The number of rotatable bonds is 4. The molecule has 146 valence electrons. The van der Waals surface area contributed by atoms with E-state index in [2.05, 4.69) is 18.7 Å². The third-order valence-corrected chi connectivity index (χ3v) is 5.39. The predicted molar refractivity (Wildman–Crippen MR) is 110 cm³/mol. The van der Waals surface area contributed by atoms with Gasteiger partial charge in [-0.25, -0.2) is 4.98 Å². The first-order valence-electron chi connectivity index (χ1n) is 9.64. The Morgan fingerprint density at radius 3 is 2.68 bits per heavy atom. The SMILES string of the molecule is CC1CC(C)CN(Cc2c(-c3cccc([N+](=O)[O-])c3)nc3ccc(N)cn23)C1. The molecule has 2 N–H and O–H groups in total. The lowest BCUT2D eigenvalue weighted by Crippen LogP contribution is -2.38. The number of non-ortho nitro benzene ring substituents is 1. The zero-order valence-electron chi connectivity index (χ0n) is 16.2. The number of likely N-dealkylation sites (tertiary alicyclic amines) is 1. The maximum Gasteiger partial charge on any atom is 0.270 e. The van der Waals surface area contributed by atoms with Crippen LogP contribution in [-0.2, 0) is 6.54 Å². The van der Waals surface area contributed by atoms with Crippen LogP contribution in [0.2, 0.25) is 0 Å². The van der Waals surface area contributed by atoms with Crippen LogP contribution < -0.4 is 5.73 Å². The Morgan fingerprint density at radius 2 is 1.96 bits per heavy atom. The van der Waals surface area contributed by atoms with Gasteiger partial charge in [0, 0.05) is 49.2 Å². The first-order valence-corrected chi connectivity index (χ1v) is 9.64. The quantitative estimate of drug-likeness (QED) is 0.547. The number of fused-ring (bicyclic) bond motifs is 1. The fourth-order valence-electron chi connectivity index (χ4n) is 4.39. The van der Waals surface area contributed by atoms with Crippen molar-refractivity contribution in [1.82, 2.24) is 14.3 Å². The Bertz CT molecular complexity index is 1020. The van der Waals surface area contributed by atoms with Crippen molar-refractivity contribution in [2.24, 2.45) is 11.8 Å². The average Bonchev–Trinajstić information content (AvgIpc) is 2.99. The zero-order valence-corrected chi connectivity index (χ0v) is 16.2. The number of nitro benzene ring substituents is 1. The number of anilines is 1. The van der Waals surface area contributed by atoms with E-state index in [0.29, 0.717) is 17.5 Å². The Morgan fingerprint density at radius 1 is 1.21 bits per heavy atom. The highest BCUT2D eigenvalue weighted by Crippen LogP contribution is 2.30. The van der Waals surface area contributed by atoms with Crippen LogP contribution in [0.15, 0.2) is 42.6 Å². The summed E-state index contributed by atoms with van der Waals surface area (Å²) in [6.45, 7) is 7.38. The van der Waals surface area contributed by atoms with Crippen LogP contribution in [0.4, 0.5) is 11.4 Å². The Hall–Kier alpha value is -2.93. The number of pyridine rings is 1. The fourth-order valence-corrected chi connectivity index (χ4v) is 4.39. The van der Waals surface area contributed by atoms with Gasteiger partial charge in [0.15, 0.2) is 0 Å². The summed E-state index contributed by atoms with van der Waals surface area (Å²) >= 11 is 0. The van der Waals surface area contributed by atoms with Gasteiger partial charge in [0.1, 0.15) is 5.65 Å². The van der Waals surface area contributed by atoms with E-state index in [1.54, 1.807) is 12.1 Å². The maximum absolute atomic E-state index is 11.2. The van der Waals surface area contributed by atoms with Gasteiger partial charge in [-0.3, -0.25) is 15.0 Å². The number of aromatic nitrogens is 2. The highest BCUT2D eigenvalue weighted by Gasteiger charge is 2.25. The minimum atomic E-state index is -0.370. The number of hydrogen-bond acceptors (Lipinski definition) is 5. The van der Waals surface area contributed by atoms with Gasteiger partial charge < -0.3 is 10.1 Å². The molecule has 3 aromatic rings. The van der Waals surface area contributed by atoms with Crippen LogP contribution in [0.1, 0.15) is 26.0 Å². The van der Waals surface area contributed by atoms with E-state index in [4.69, 9.17) is 10.7 Å². The first-order chi connectivity index (χ1) is 13.4. The van der Waals surface area contributed by atoms with E-state index in [1.807, 2.05) is 28.8 Å². The fraction of sp³-hybridized carbons (Fsp3) is 0.381. The number of imidazole rings is 1. The molecule has 2 atom stereocenters. The number of benzene rings is 1. The topological polar surface area (TPSA) is 89.7 Å². The Kier molecular flexibility index (Phi) is 4.77. The summed E-state index contributed by atoms with van der Waals surface area (Å²) in [6.07, 6.45) is 3.13. The summed E-state index contributed by atoms with van der Waals surface area (Å²) in [6, 6.07) is 10.4. The monoisotopic (exact) mass is 379 g/mol. The molecule has 2 aromatic heterocycles. The number of nitrogens with two attached hydrogens (primary N) is 1. The van der Waals surface area contributed by atoms with Gasteiger partial charge in [-0.1, -0.05) is 26.0 Å². The van der Waals surface area contributed by atoms with Crippen molar-refractivity contribution in [2.45, 2.75) is 26.8 Å². The van der Waals surface area contributed by atoms with Crippen LogP contribution in [0, 0.1) is 22.0 Å². The molecule has 4 rings (SSSR count). The van der Waals surface area contributed by atoms with Gasteiger partial charge >= 0.3 is 0 Å². The number of nitro groups is 1. The van der Waals surface area contributed by atoms with Crippen molar-refractivity contribution in [3.8, 4) is 11.3 Å². The van der Waals surface area contributed by atoms with Crippen LogP contribution in [0.3, 0.4) is 0 Å². The highest BCUT2D eigenvalue weighted by atomic mass is 16.6. The molecule has 0 bridgehead atoms. The third kappa shape index (κ3) is 3.57. The third-order valence-electron chi connectivity index (χ3n) is 5.39. The summed E-state index contributed by atoms with van der Waals surface area (Å²) in [5.74, 6) is 1.29. The largest absolute Gasteiger partial charge is 0.398 e. The number of piperidine rings is 1. The molecule has 1 aliphatic rings. The van der Waals surface area contributed by atoms with Gasteiger partial charge in [-0.2, -0.15) is 0 Å². The van der Waals surface area contributed by atoms with Crippen LogP contribution in [0.5, 0.6) is 0 Å². The van der Waals surface area contributed by atoms with Gasteiger partial charge in [0.05, 0.1) is 16.3 Å². The lowest BCUT2D eigenvalue weighted by molar-refractivity contribution is -0.384. The Balaban J connectivity index is 1.81. The molecule has 1 saturated heterocycles. The molecular formula is C21H25N5O2. The molecule has 3 heterocycles. The van der Waals surface area contributed by atoms with E-state index in [-0.39, 0.29) is 10.6 Å². The van der Waals surface area contributed by atoms with Gasteiger partial charge in [0.25, 0.3) is 5.69 Å². The molecule has 7 heteroatoms. The minimum absolute atomic E-state index is 0.0697. The van der Waals surface area contributed by atoms with E-state index >= 15 is 0 Å². The molecule has 0 amide bonds. The van der Waals surface area contributed by atoms with Gasteiger partial charge in [-0.05, 0) is 30.4 Å². The smallest absolute Gasteiger partial charge is 0.270 e. The molecule has 1 aliphatic heterocycles. The molecule has 28 heavy (non-hydrogen) atoms. The highest BCUT2D eigenvalue weighted by molar-refractivity contribution is 5.69. The summed E-state index contributed by atoms with van der Waals surface area (Å²) < 4.78 is 2.02. The standard InChI is InChI=1S/C21H25N5O2/c1-14-8-15(2)11-24(10-14)13-19-21(16-4-3-5-18(9-16)26(27)28)23-20-7-6-17(22)12-25(19)20/h3-7,9,12,14-15H,8,10-11,13,22H2,1-2H3. The van der Waals surface area contributed by atoms with Crippen LogP contribution in [-0.4, -0.2) is 32.3 Å². The Labute approximate surface area is 163 Å². The van der Waals surface area contributed by atoms with E-state index in [1.165, 1.54) is 12.5 Å². The zero-order chi connectivity index (χ0) is 19.8. The molecule has 2 unspecified atom stereocenters. The number of nitrogen functional groups attached to an aromatic ring is 1. The molecule has 0 spiro atoms. The first kappa shape index (κ1) is 18.4. The van der Waals surface area contributed by atoms with Crippen molar-refractivity contribution in [2.75, 3.05) is 18.8 Å². The van der Waals surface area contributed by atoms with Crippen molar-refractivity contribution < 1.29 is 4.92 Å². The van der Waals surface area contributed by atoms with Crippen molar-refractivity contribution in [3.05, 3.63) is 58.4 Å². The molecule has 0 aliphatic carbocycles. The molecular weight excluding hydrogens is 354 g/mol. The second kappa shape index (κ2) is 7.24. The van der Waals surface area contributed by atoms with Crippen LogP contribution in [0.25, 0.3) is 16.9 Å². The van der Waals surface area contributed by atoms with E-state index in [9.17, 15) is 10.1 Å². The van der Waals surface area contributed by atoms with Gasteiger partial charge in [0.2, 0.25) is 0 Å². The second-order valence-electron chi connectivity index (χ2n) is 8.05. The van der Waals surface area contributed by atoms with E-state index < -0.39 is 0 Å². The molecule has 1 fully saturated rings. The van der Waals surface area contributed by atoms with Gasteiger partial charge in [-0.15, -0.1) is 0 Å². The molecule has 1 aromatic carbocycles. The van der Waals surface area contributed by atoms with E-state index in [0.717, 1.165) is 42.2 Å². The van der Waals surface area contributed by atoms with Crippen molar-refractivity contribution in [1.29, 1.82) is 0 Å². The second-order valence-corrected chi connectivity index (χ2v) is 8.05. The maximum atomic E-state index is 11.2. The summed E-state index contributed by atoms with van der Waals surface area (Å²) in [7, 11) is 0. The minimum Gasteiger partial charge on any atom is -0.398 e. The number of hydrogen-bond donors (Lipinski definition) is 1. The van der Waals surface area contributed by atoms with Crippen LogP contribution >= 0.6 is 0 Å². The lowest BCUT2D eigenvalue weighted by Gasteiger charge is -2.35. The normalized spacial score (nSPS) is 20.5. The summed E-state index contributed by atoms with van der Waals surface area (Å²) in [5, 5.41) is 11.2. The molecule has 0 saturated carbocycles. The molecule has 7 nitrogen and oxygen atoms in total. The summed E-state index contributed by atoms with van der Waals surface area (Å²) in [4.78, 5) is 18.1. The number of nitrogens with zero attached hydrogens (tertiary/aromatic N) is 4. The summed E-state index contributed by atoms with van der Waals surface area (Å²) in [5.41, 5.74) is 10.1. The lowest BCUT2D eigenvalue weighted by atomic mass is 9.92. The molecule has 0 radical (unpaired) electrons. The van der Waals surface area contributed by atoms with Crippen molar-refractivity contribution >= 4 is 17.0 Å². The van der Waals surface area contributed by atoms with Crippen molar-refractivity contribution in [3.63, 3.8) is 0 Å².